The number of allylic oxidation sites excluding steroid dienone is 3. The van der Waals surface area contributed by atoms with E-state index >= 15 is 0 Å². The minimum atomic E-state index is -0.487. The molecule has 0 aromatic rings. The highest BCUT2D eigenvalue weighted by molar-refractivity contribution is 5.69. The van der Waals surface area contributed by atoms with Crippen molar-refractivity contribution in [2.75, 3.05) is 26.7 Å². The van der Waals surface area contributed by atoms with Crippen LogP contribution in [0.25, 0.3) is 0 Å². The van der Waals surface area contributed by atoms with Crippen LogP contribution in [0.5, 0.6) is 0 Å². The van der Waals surface area contributed by atoms with Crippen molar-refractivity contribution < 1.29 is 19.7 Å². The largest absolute Gasteiger partial charge is 0.512 e. The zero-order chi connectivity index (χ0) is 19.5. The Bertz CT molecular complexity index is 453. The molecule has 1 amide bonds. The van der Waals surface area contributed by atoms with Gasteiger partial charge in [0.25, 0.3) is 0 Å². The van der Waals surface area contributed by atoms with Crippen LogP contribution in [-0.2, 0) is 4.74 Å². The quantitative estimate of drug-likeness (QED) is 0.706. The molecule has 1 aliphatic heterocycles. The van der Waals surface area contributed by atoms with E-state index in [1.807, 2.05) is 40.7 Å². The molecule has 0 radical (unpaired) electrons. The van der Waals surface area contributed by atoms with Crippen molar-refractivity contribution in [2.45, 2.75) is 65.5 Å². The summed E-state index contributed by atoms with van der Waals surface area (Å²) in [7, 11) is 1.00. The number of hydrogen-bond donors (Lipinski definition) is 3. The number of amides is 1. The summed E-state index contributed by atoms with van der Waals surface area (Å²) in [6.07, 6.45) is 6.01. The smallest absolute Gasteiger partial charge is 0.410 e. The Morgan fingerprint density at radius 1 is 1.36 bits per heavy atom. The van der Waals surface area contributed by atoms with Gasteiger partial charge >= 0.3 is 6.09 Å². The van der Waals surface area contributed by atoms with Gasteiger partial charge in [0.1, 0.15) is 5.60 Å². The first-order chi connectivity index (χ1) is 11.9. The summed E-state index contributed by atoms with van der Waals surface area (Å²) in [5.74, 6) is 0.451. The molecule has 6 heteroatoms. The fourth-order valence-corrected chi connectivity index (χ4v) is 2.65. The van der Waals surface area contributed by atoms with Crippen LogP contribution in [0.3, 0.4) is 0 Å². The van der Waals surface area contributed by atoms with Crippen molar-refractivity contribution >= 4 is 6.09 Å². The van der Waals surface area contributed by atoms with Gasteiger partial charge in [-0.15, -0.1) is 0 Å². The Kier molecular flexibility index (Phi) is 11.2. The number of piperazine rings is 1. The fourth-order valence-electron chi connectivity index (χ4n) is 2.65. The Morgan fingerprint density at radius 2 is 2.00 bits per heavy atom. The van der Waals surface area contributed by atoms with Gasteiger partial charge in [-0.1, -0.05) is 26.0 Å². The number of nitrogens with one attached hydrogen (secondary N) is 1. The number of hydrogen-bond acceptors (Lipinski definition) is 5. The molecule has 2 rings (SSSR count). The molecule has 1 atom stereocenters. The highest BCUT2D eigenvalue weighted by Gasteiger charge is 2.31. The molecule has 0 aromatic carbocycles. The summed E-state index contributed by atoms with van der Waals surface area (Å²) in [5, 5.41) is 20.3. The van der Waals surface area contributed by atoms with E-state index in [0.717, 1.165) is 32.2 Å². The topological polar surface area (TPSA) is 82.0 Å². The number of aliphatic hydroxyl groups is 2. The molecule has 0 saturated carbocycles. The molecule has 0 aromatic heterocycles. The summed E-state index contributed by atoms with van der Waals surface area (Å²) in [6, 6.07) is 0.0218. The monoisotopic (exact) mass is 356 g/mol. The van der Waals surface area contributed by atoms with Crippen LogP contribution in [0, 0.1) is 0 Å². The Balaban J connectivity index is 0.00000134. The standard InChI is InChI=1S/C16H26N2O3.C2H6.CH4O/c1-16(2,3)21-15(20)18-9-8-17-11-13(18)10-12-6-4-5-7-14(12)19;2*1-2/h4,6,13,17,19H,5,7-11H2,1-3H3;1-2H3;2H,1H3. The van der Waals surface area contributed by atoms with E-state index in [-0.39, 0.29) is 12.1 Å². The average molecular weight is 357 g/mol. The highest BCUT2D eigenvalue weighted by Crippen LogP contribution is 2.24. The van der Waals surface area contributed by atoms with Crippen LogP contribution in [0.1, 0.15) is 53.9 Å². The summed E-state index contributed by atoms with van der Waals surface area (Å²) in [6.45, 7) is 11.8. The maximum Gasteiger partial charge on any atom is 0.410 e. The lowest BCUT2D eigenvalue weighted by Crippen LogP contribution is -2.54. The normalized spacial score (nSPS) is 20.1. The number of rotatable bonds is 2. The van der Waals surface area contributed by atoms with E-state index in [9.17, 15) is 9.90 Å². The number of ether oxygens (including phenoxy) is 1. The maximum absolute atomic E-state index is 12.3. The molecule has 6 nitrogen and oxygen atoms in total. The van der Waals surface area contributed by atoms with Crippen LogP contribution in [0.4, 0.5) is 4.79 Å². The van der Waals surface area contributed by atoms with Crippen LogP contribution in [0.15, 0.2) is 23.5 Å². The van der Waals surface area contributed by atoms with Crippen molar-refractivity contribution in [1.82, 2.24) is 10.2 Å². The molecule has 146 valence electrons. The molecule has 3 N–H and O–H groups in total. The first-order valence-corrected chi connectivity index (χ1v) is 9.09. The third kappa shape index (κ3) is 8.40. The minimum Gasteiger partial charge on any atom is -0.512 e. The van der Waals surface area contributed by atoms with E-state index in [4.69, 9.17) is 9.84 Å². The molecule has 1 unspecified atom stereocenters. The van der Waals surface area contributed by atoms with Gasteiger partial charge in [-0.2, -0.15) is 0 Å². The molecule has 1 heterocycles. The molecule has 0 bridgehead atoms. The average Bonchev–Trinajstić information content (AvgIpc) is 2.59. The van der Waals surface area contributed by atoms with Crippen LogP contribution < -0.4 is 5.32 Å². The van der Waals surface area contributed by atoms with Crippen molar-refractivity contribution in [3.8, 4) is 0 Å². The second-order valence-corrected chi connectivity index (χ2v) is 6.65. The molecule has 2 aliphatic rings. The Labute approximate surface area is 152 Å². The van der Waals surface area contributed by atoms with Crippen molar-refractivity contribution in [2.24, 2.45) is 0 Å². The molecule has 1 fully saturated rings. The zero-order valence-corrected chi connectivity index (χ0v) is 16.6. The van der Waals surface area contributed by atoms with Crippen LogP contribution in [0.2, 0.25) is 0 Å². The van der Waals surface area contributed by atoms with Gasteiger partial charge < -0.3 is 25.2 Å². The molecule has 0 spiro atoms. The summed E-state index contributed by atoms with van der Waals surface area (Å²) in [5.41, 5.74) is 0.446. The van der Waals surface area contributed by atoms with Gasteiger partial charge in [0.05, 0.1) is 11.8 Å². The number of carbonyl (C=O) groups is 1. The molecule has 25 heavy (non-hydrogen) atoms. The molecular formula is C19H36N2O4. The van der Waals surface area contributed by atoms with Gasteiger partial charge in [-0.25, -0.2) is 4.79 Å². The third-order valence-electron chi connectivity index (χ3n) is 3.67. The Hall–Kier alpha value is -1.53. The van der Waals surface area contributed by atoms with Gasteiger partial charge in [0.15, 0.2) is 0 Å². The Morgan fingerprint density at radius 3 is 2.56 bits per heavy atom. The number of carbonyl (C=O) groups excluding carboxylic acids is 1. The second-order valence-electron chi connectivity index (χ2n) is 6.65. The van der Waals surface area contributed by atoms with E-state index in [1.54, 1.807) is 4.90 Å². The first kappa shape index (κ1) is 23.5. The van der Waals surface area contributed by atoms with Crippen molar-refractivity contribution in [3.63, 3.8) is 0 Å². The minimum absolute atomic E-state index is 0.0218. The van der Waals surface area contributed by atoms with E-state index < -0.39 is 5.60 Å². The molecular weight excluding hydrogens is 320 g/mol. The lowest BCUT2D eigenvalue weighted by atomic mass is 9.97. The SMILES string of the molecule is CC.CC(C)(C)OC(=O)N1CCNCC1CC1=C(O)CCC=C1.CO. The fraction of sp³-hybridized carbons (Fsp3) is 0.737. The second kappa shape index (κ2) is 11.9. The van der Waals surface area contributed by atoms with E-state index in [1.165, 1.54) is 0 Å². The van der Waals surface area contributed by atoms with Gasteiger partial charge in [-0.3, -0.25) is 0 Å². The predicted molar refractivity (Wildman–Crippen MR) is 102 cm³/mol. The predicted octanol–water partition coefficient (Wildman–Crippen LogP) is 3.38. The van der Waals surface area contributed by atoms with Crippen molar-refractivity contribution in [1.29, 1.82) is 0 Å². The first-order valence-electron chi connectivity index (χ1n) is 9.09. The van der Waals surface area contributed by atoms with E-state index in [0.29, 0.717) is 25.1 Å². The van der Waals surface area contributed by atoms with Crippen LogP contribution >= 0.6 is 0 Å². The summed E-state index contributed by atoms with van der Waals surface area (Å²) >= 11 is 0. The maximum atomic E-state index is 12.3. The summed E-state index contributed by atoms with van der Waals surface area (Å²) in [4.78, 5) is 14.1. The highest BCUT2D eigenvalue weighted by atomic mass is 16.6. The summed E-state index contributed by atoms with van der Waals surface area (Å²) < 4.78 is 5.49. The van der Waals surface area contributed by atoms with E-state index in [2.05, 4.69) is 11.4 Å². The molecule has 1 aliphatic carbocycles. The lowest BCUT2D eigenvalue weighted by molar-refractivity contribution is 0.0121. The number of nitrogens with zero attached hydrogens (tertiary/aromatic N) is 1. The molecule has 1 saturated heterocycles. The third-order valence-corrected chi connectivity index (χ3v) is 3.67. The zero-order valence-electron chi connectivity index (χ0n) is 16.6. The van der Waals surface area contributed by atoms with Gasteiger partial charge in [0.2, 0.25) is 0 Å². The van der Waals surface area contributed by atoms with Gasteiger partial charge in [0, 0.05) is 33.2 Å². The van der Waals surface area contributed by atoms with Crippen LogP contribution in [-0.4, -0.2) is 59.6 Å². The van der Waals surface area contributed by atoms with Gasteiger partial charge in [-0.05, 0) is 39.2 Å². The van der Waals surface area contributed by atoms with Crippen molar-refractivity contribution in [3.05, 3.63) is 23.5 Å². The lowest BCUT2D eigenvalue weighted by Gasteiger charge is -2.37. The number of aliphatic hydroxyl groups excluding tert-OH is 2.